The van der Waals surface area contributed by atoms with Gasteiger partial charge in [0.25, 0.3) is 0 Å². The Bertz CT molecular complexity index is 3770. The van der Waals surface area contributed by atoms with Crippen LogP contribution in [0.1, 0.15) is 48.5 Å². The SMILES string of the molecule is CC1O[C@@H](OCC2[C@H](OCC3[C@H](OC[C@@H]4C(OOS(=O)O)[C@H](O)OC(C)[C@H]4OOS(=O)O)OC(C)[C@@H](OOS(=O)O)[C@@H]3CO[C@@H]3OC(C)[C@@H](OOS(=O)O)[C@H](OS(=O)(=O)O)C3OOS(=O)O)OC(C)[C@@H](OOS(=O)O)[C@@H]2CO[C@@H]2OC(C)[C@@H](OOS(=O)O)[C@H](CO[C@@H]3OC(C)[C@@H](OOS(=O)O)[C@H](O)C3OOS(=O)O)C2OOS(=O)O)C(O)[C@@H](OS(=O)(=O)O)[C@@H]1O. The van der Waals surface area contributed by atoms with Gasteiger partial charge in [-0.25, -0.2) is 57.2 Å². The molecular weight excluding hydrogens is 2000 g/mol. The second-order valence-corrected chi connectivity index (χ2v) is 34.2. The van der Waals surface area contributed by atoms with Crippen LogP contribution in [0, 0.1) is 35.5 Å². The number of rotatable bonds is 52. The largest absolute Gasteiger partial charge is 0.397 e. The maximum atomic E-state index is 12.5. The zero-order valence-electron chi connectivity index (χ0n) is 63.5. The van der Waals surface area contributed by atoms with Gasteiger partial charge in [0.05, 0.1) is 82.4 Å². The molecule has 0 aromatic heterocycles. The molecule has 0 aromatic carbocycles. The summed E-state index contributed by atoms with van der Waals surface area (Å²) in [5, 5.41) is 45.3. The van der Waals surface area contributed by atoms with Crippen LogP contribution in [0.15, 0.2) is 0 Å². The van der Waals surface area contributed by atoms with Gasteiger partial charge in [0, 0.05) is 35.5 Å². The summed E-state index contributed by atoms with van der Waals surface area (Å²) < 4.78 is 419. The lowest BCUT2D eigenvalue weighted by Gasteiger charge is -2.49. The fourth-order valence-electron chi connectivity index (χ4n) is 13.5. The molecule has 7 rings (SSSR count). The molecule has 45 atom stereocenters. The lowest BCUT2D eigenvalue weighted by atomic mass is 9.82. The molecule has 0 aliphatic carbocycles. The lowest BCUT2D eigenvalue weighted by Crippen LogP contribution is -2.62. The molecule has 0 spiro atoms. The quantitative estimate of drug-likeness (QED) is 0.0116. The van der Waals surface area contributed by atoms with Gasteiger partial charge in [-0.1, -0.05) is 0 Å². The maximum absolute atomic E-state index is 12.5. The van der Waals surface area contributed by atoms with Crippen molar-refractivity contribution in [2.75, 3.05) is 39.6 Å². The Kier molecular flexibility index (Phi) is 46.9. The molecule has 738 valence electrons. The van der Waals surface area contributed by atoms with Gasteiger partial charge in [-0.05, 0) is 48.5 Å². The summed E-state index contributed by atoms with van der Waals surface area (Å²) in [5.74, 6) is -11.3. The number of ether oxygens (including phenoxy) is 13. The molecule has 0 bridgehead atoms. The van der Waals surface area contributed by atoms with Crippen molar-refractivity contribution < 1.29 is 296 Å². The van der Waals surface area contributed by atoms with Crippen molar-refractivity contribution in [2.24, 2.45) is 35.5 Å². The summed E-state index contributed by atoms with van der Waals surface area (Å²) in [6, 6.07) is 0. The highest BCUT2D eigenvalue weighted by Gasteiger charge is 2.59. The lowest BCUT2D eigenvalue weighted by molar-refractivity contribution is -0.413. The van der Waals surface area contributed by atoms with E-state index >= 15 is 0 Å². The molecule has 24 unspecified atom stereocenters. The first-order valence-corrected chi connectivity index (χ1v) is 47.4. The van der Waals surface area contributed by atoms with Crippen molar-refractivity contribution >= 4 is 134 Å². The summed E-state index contributed by atoms with van der Waals surface area (Å²) in [6.45, 7) is 0.858. The van der Waals surface area contributed by atoms with E-state index in [0.29, 0.717) is 0 Å². The second kappa shape index (κ2) is 52.6. The third-order valence-electron chi connectivity index (χ3n) is 18.7. The van der Waals surface area contributed by atoms with E-state index in [9.17, 15) is 134 Å². The average Bonchev–Trinajstić information content (AvgIpc) is 0.774. The van der Waals surface area contributed by atoms with Crippen LogP contribution < -0.4 is 0 Å². The van der Waals surface area contributed by atoms with Crippen molar-refractivity contribution in [3.05, 3.63) is 0 Å². The first kappa shape index (κ1) is 111. The van der Waals surface area contributed by atoms with E-state index in [-0.39, 0.29) is 0 Å². The van der Waals surface area contributed by atoms with Crippen LogP contribution in [0.25, 0.3) is 0 Å². The van der Waals surface area contributed by atoms with Gasteiger partial charge < -0.3 is 82.0 Å². The first-order valence-electron chi connectivity index (χ1n) is 34.3. The standard InChI is InChI=1S/C48H84O65S12/c1-14-27(49)38(102-124(73,74)75)29(51)45(86-14)81-11-24-21(8-82-46-37(99-111-121(67)68)26(33(18(5)89-46)95-107-117(59)60)13-84-47-39(100-112-122(69)70)28(50)34(19(6)90-47)96-108-118(61)62)30(92-104-114(53)54)16(3)87-43(24)79-10-23-22(9-83-48-41(101-113-123(71)72)40(103-125(76,77)78)35(20(7)91-48)97-109-119(63)64)31(93-105-115(55)56)17(4)88-44(23)80-12-25-32(94-106-116(57)58)15(2)85-42(52)36(25)98-110-120(65)66/h14-52H,8-13H2,1-7H3,(H,53,54)(H,55,56)(H,57,58)(H,59,60)(H,61,62)(H,63,64)(H,65,66)(H,67,68)(H,69,70)(H,71,72)(H,73,74,75)(H,76,77,78)/t14?,15?,16?,17?,18?,19?,20?,21-,22-,23?,24?,25+,26+,27-,28+,29?,30-,31-,32-,33-,34-,35-,36?,37?,38+,39?,40+,41?,42-,43-,44-,45-,46-,47-,48-/m1/s1. The van der Waals surface area contributed by atoms with Crippen LogP contribution in [0.5, 0.6) is 0 Å². The normalized spacial score (nSPS) is 40.7. The van der Waals surface area contributed by atoms with Crippen LogP contribution in [0.4, 0.5) is 0 Å². The Labute approximate surface area is 728 Å². The Morgan fingerprint density at radius 3 is 0.856 bits per heavy atom. The van der Waals surface area contributed by atoms with Crippen LogP contribution in [-0.4, -0.2) is 352 Å². The Morgan fingerprint density at radius 1 is 0.232 bits per heavy atom. The van der Waals surface area contributed by atoms with Crippen molar-refractivity contribution in [1.82, 2.24) is 0 Å². The van der Waals surface area contributed by atoms with Crippen molar-refractivity contribution in [2.45, 2.75) is 227 Å². The zero-order chi connectivity index (χ0) is 93.0. The molecule has 0 radical (unpaired) electrons. The topological polar surface area (TPSA) is 886 Å². The Morgan fingerprint density at radius 2 is 0.472 bits per heavy atom. The Balaban J connectivity index is 1.40. The smallest absolute Gasteiger partial charge is 0.388 e. The summed E-state index contributed by atoms with van der Waals surface area (Å²) in [4.78, 5) is 51.3. The van der Waals surface area contributed by atoms with E-state index in [4.69, 9.17) is 119 Å². The molecule has 7 aliphatic heterocycles. The molecule has 7 saturated heterocycles. The van der Waals surface area contributed by atoms with Crippen LogP contribution in [-0.2, 0) is 297 Å². The van der Waals surface area contributed by atoms with Gasteiger partial charge >= 0.3 is 134 Å². The molecule has 7 heterocycles. The highest BCUT2D eigenvalue weighted by molar-refractivity contribution is 7.81. The number of aliphatic hydroxyl groups excluding tert-OH is 4. The van der Waals surface area contributed by atoms with E-state index in [1.807, 2.05) is 0 Å². The minimum absolute atomic E-state index is 0.999. The Hall–Kier alpha value is -0.640. The fourth-order valence-corrected chi connectivity index (χ4v) is 16.1. The van der Waals surface area contributed by atoms with E-state index in [0.717, 1.165) is 41.5 Å². The number of aliphatic hydroxyl groups is 4. The number of hydrogen-bond acceptors (Lipinski definition) is 53. The highest BCUT2D eigenvalue weighted by Crippen LogP contribution is 2.44. The molecule has 125 heavy (non-hydrogen) atoms. The van der Waals surface area contributed by atoms with Gasteiger partial charge in [0.2, 0.25) is 0 Å². The molecule has 0 saturated carbocycles. The minimum atomic E-state index is -5.81. The van der Waals surface area contributed by atoms with Crippen LogP contribution >= 0.6 is 0 Å². The van der Waals surface area contributed by atoms with Gasteiger partial charge in [-0.2, -0.15) is 58.9 Å². The molecule has 65 nitrogen and oxygen atoms in total. The molecule has 7 fully saturated rings. The van der Waals surface area contributed by atoms with Gasteiger partial charge in [-0.15, -0.1) is 43.3 Å². The first-order chi connectivity index (χ1) is 58.5. The average molecular weight is 2090 g/mol. The second-order valence-electron chi connectivity index (χ2n) is 26.4. The van der Waals surface area contributed by atoms with Gasteiger partial charge in [0.1, 0.15) is 61.0 Å². The predicted molar refractivity (Wildman–Crippen MR) is 377 cm³/mol. The van der Waals surface area contributed by atoms with Crippen LogP contribution in [0.3, 0.4) is 0 Å². The number of hydrogen-bond donors (Lipinski definition) is 16. The molecule has 16 N–H and O–H groups in total. The summed E-state index contributed by atoms with van der Waals surface area (Å²) >= 11 is -33.8. The monoisotopic (exact) mass is 2080 g/mol. The predicted octanol–water partition coefficient (Wildman–Crippen LogP) is -7.02. The van der Waals surface area contributed by atoms with E-state index in [1.165, 1.54) is 6.92 Å². The molecular formula is C48H84O65S12. The molecule has 77 heteroatoms. The van der Waals surface area contributed by atoms with E-state index in [1.54, 1.807) is 0 Å². The third-order valence-corrected chi connectivity index (χ3v) is 21.5. The summed E-state index contributed by atoms with van der Waals surface area (Å²) in [7, 11) is -11.4. The summed E-state index contributed by atoms with van der Waals surface area (Å²) in [5.41, 5.74) is 0. The van der Waals surface area contributed by atoms with E-state index in [2.05, 4.69) is 43.2 Å². The third kappa shape index (κ3) is 34.5. The van der Waals surface area contributed by atoms with Crippen molar-refractivity contribution in [1.29, 1.82) is 0 Å². The molecule has 0 aromatic rings. The fraction of sp³-hybridized carbons (Fsp3) is 1.00. The summed E-state index contributed by atoms with van der Waals surface area (Å²) in [6.07, 6.45) is -59.7. The van der Waals surface area contributed by atoms with Gasteiger partial charge in [0.15, 0.2) is 74.6 Å². The molecule has 0 amide bonds. The van der Waals surface area contributed by atoms with Gasteiger partial charge in [-0.3, -0.25) is 54.6 Å². The maximum Gasteiger partial charge on any atom is 0.397 e. The minimum Gasteiger partial charge on any atom is -0.388 e. The van der Waals surface area contributed by atoms with Crippen LogP contribution in [0.2, 0.25) is 0 Å². The van der Waals surface area contributed by atoms with E-state index < -0.39 is 388 Å². The van der Waals surface area contributed by atoms with Crippen molar-refractivity contribution in [3.8, 4) is 0 Å². The van der Waals surface area contributed by atoms with Crippen molar-refractivity contribution in [3.63, 3.8) is 0 Å². The molecule has 7 aliphatic rings. The zero-order valence-corrected chi connectivity index (χ0v) is 73.3. The highest BCUT2D eigenvalue weighted by atomic mass is 32.3.